The van der Waals surface area contributed by atoms with Gasteiger partial charge in [-0.15, -0.1) is 0 Å². The van der Waals surface area contributed by atoms with Gasteiger partial charge < -0.3 is 15.5 Å². The van der Waals surface area contributed by atoms with Gasteiger partial charge in [0.05, 0.1) is 5.56 Å². The number of rotatable bonds is 7. The van der Waals surface area contributed by atoms with E-state index >= 15 is 0 Å². The maximum absolute atomic E-state index is 14.1. The first-order valence-corrected chi connectivity index (χ1v) is 11.5. The fourth-order valence-electron chi connectivity index (χ4n) is 4.12. The van der Waals surface area contributed by atoms with Gasteiger partial charge in [-0.2, -0.15) is 0 Å². The van der Waals surface area contributed by atoms with Gasteiger partial charge in [-0.25, -0.2) is 4.39 Å². The van der Waals surface area contributed by atoms with Gasteiger partial charge in [-0.3, -0.25) is 14.4 Å². The first kappa shape index (κ1) is 24.4. The van der Waals surface area contributed by atoms with Crippen molar-refractivity contribution < 1.29 is 18.8 Å². The van der Waals surface area contributed by atoms with E-state index in [0.717, 1.165) is 12.0 Å². The van der Waals surface area contributed by atoms with Gasteiger partial charge in [0.1, 0.15) is 11.9 Å². The molecule has 3 amide bonds. The molecule has 0 aromatic heterocycles. The predicted molar refractivity (Wildman–Crippen MR) is 125 cm³/mol. The highest BCUT2D eigenvalue weighted by Gasteiger charge is 2.35. The fourth-order valence-corrected chi connectivity index (χ4v) is 4.12. The largest absolute Gasteiger partial charge is 0.352 e. The van der Waals surface area contributed by atoms with Crippen LogP contribution in [-0.2, 0) is 4.79 Å². The van der Waals surface area contributed by atoms with E-state index in [1.54, 1.807) is 29.2 Å². The summed E-state index contributed by atoms with van der Waals surface area (Å²) in [5.74, 6) is -1.53. The van der Waals surface area contributed by atoms with Gasteiger partial charge in [0.2, 0.25) is 5.91 Å². The number of carbonyl (C=O) groups is 3. The lowest BCUT2D eigenvalue weighted by Gasteiger charge is -2.36. The van der Waals surface area contributed by atoms with Crippen molar-refractivity contribution in [1.29, 1.82) is 0 Å². The normalized spacial score (nSPS) is 16.1. The van der Waals surface area contributed by atoms with E-state index in [9.17, 15) is 18.8 Å². The molecule has 0 aliphatic carbocycles. The number of nitrogens with one attached hydrogen (secondary N) is 2. The molecule has 1 aliphatic heterocycles. The predicted octanol–water partition coefficient (Wildman–Crippen LogP) is 3.70. The van der Waals surface area contributed by atoms with Crippen molar-refractivity contribution in [1.82, 2.24) is 15.5 Å². The first-order chi connectivity index (χ1) is 15.8. The number of nitrogens with zero attached hydrogens (tertiary/aromatic N) is 1. The van der Waals surface area contributed by atoms with Gasteiger partial charge in [0.15, 0.2) is 0 Å². The van der Waals surface area contributed by atoms with Gasteiger partial charge in [0, 0.05) is 24.7 Å². The molecule has 1 heterocycles. The molecule has 3 rings (SSSR count). The third-order valence-corrected chi connectivity index (χ3v) is 6.36. The van der Waals surface area contributed by atoms with E-state index in [0.29, 0.717) is 31.5 Å². The zero-order valence-electron chi connectivity index (χ0n) is 19.4. The van der Waals surface area contributed by atoms with Gasteiger partial charge >= 0.3 is 0 Å². The SMILES string of the molecule is CC[C@@H](C)NC(=O)[C@@H](NC(=O)c1ccccc1C)C1CCN(C(=O)c2ccccc2F)CC1. The molecule has 0 spiro atoms. The molecule has 0 radical (unpaired) electrons. The Morgan fingerprint density at radius 1 is 1.00 bits per heavy atom. The number of piperidine rings is 1. The monoisotopic (exact) mass is 453 g/mol. The molecular formula is C26H32FN3O3. The number of hydrogen-bond donors (Lipinski definition) is 2. The van der Waals surface area contributed by atoms with Crippen molar-refractivity contribution in [3.63, 3.8) is 0 Å². The number of aryl methyl sites for hydroxylation is 1. The molecule has 7 heteroatoms. The summed E-state index contributed by atoms with van der Waals surface area (Å²) in [5, 5.41) is 5.93. The second kappa shape index (κ2) is 11.1. The maximum atomic E-state index is 14.1. The standard InChI is InChI=1S/C26H32FN3O3/c1-4-18(3)28-25(32)23(29-24(31)20-10-6-5-9-17(20)2)19-13-15-30(16-14-19)26(33)21-11-7-8-12-22(21)27/h5-12,18-19,23H,4,13-16H2,1-3H3,(H,28,32)(H,29,31)/t18-,23+/m1/s1. The number of carbonyl (C=O) groups excluding carboxylic acids is 3. The van der Waals surface area contributed by atoms with Crippen molar-refractivity contribution in [3.8, 4) is 0 Å². The fraction of sp³-hybridized carbons (Fsp3) is 0.423. The Labute approximate surface area is 194 Å². The van der Waals surface area contributed by atoms with E-state index in [2.05, 4.69) is 10.6 Å². The van der Waals surface area contributed by atoms with Gasteiger partial charge in [0.25, 0.3) is 11.8 Å². The topological polar surface area (TPSA) is 78.5 Å². The summed E-state index contributed by atoms with van der Waals surface area (Å²) in [7, 11) is 0. The highest BCUT2D eigenvalue weighted by Crippen LogP contribution is 2.24. The lowest BCUT2D eigenvalue weighted by atomic mass is 9.88. The molecule has 2 aromatic carbocycles. The Bertz CT molecular complexity index is 1000. The Morgan fingerprint density at radius 3 is 2.21 bits per heavy atom. The van der Waals surface area contributed by atoms with Crippen molar-refractivity contribution in [2.75, 3.05) is 13.1 Å². The number of hydrogen-bond acceptors (Lipinski definition) is 3. The van der Waals surface area contributed by atoms with Crippen molar-refractivity contribution in [2.24, 2.45) is 5.92 Å². The molecule has 2 N–H and O–H groups in total. The molecule has 1 saturated heterocycles. The third-order valence-electron chi connectivity index (χ3n) is 6.36. The number of amides is 3. The Balaban J connectivity index is 1.72. The quantitative estimate of drug-likeness (QED) is 0.671. The zero-order valence-corrected chi connectivity index (χ0v) is 19.4. The van der Waals surface area contributed by atoms with Crippen LogP contribution >= 0.6 is 0 Å². The molecule has 1 fully saturated rings. The zero-order chi connectivity index (χ0) is 24.0. The van der Waals surface area contributed by atoms with E-state index in [-0.39, 0.29) is 35.2 Å². The van der Waals surface area contributed by atoms with Crippen molar-refractivity contribution in [2.45, 2.75) is 52.1 Å². The first-order valence-electron chi connectivity index (χ1n) is 11.5. The Kier molecular flexibility index (Phi) is 8.20. The molecule has 2 aromatic rings. The lowest BCUT2D eigenvalue weighted by molar-refractivity contribution is -0.125. The molecule has 1 aliphatic rings. The summed E-state index contributed by atoms with van der Waals surface area (Å²) in [6.07, 6.45) is 1.85. The molecular weight excluding hydrogens is 421 g/mol. The Hall–Kier alpha value is -3.22. The van der Waals surface area contributed by atoms with Crippen LogP contribution in [0.25, 0.3) is 0 Å². The van der Waals surface area contributed by atoms with Crippen LogP contribution in [0.4, 0.5) is 4.39 Å². The highest BCUT2D eigenvalue weighted by molar-refractivity contribution is 5.99. The summed E-state index contributed by atoms with van der Waals surface area (Å²) in [6, 6.07) is 12.5. The lowest BCUT2D eigenvalue weighted by Crippen LogP contribution is -2.55. The van der Waals surface area contributed by atoms with Crippen LogP contribution in [0.15, 0.2) is 48.5 Å². The molecule has 6 nitrogen and oxygen atoms in total. The van der Waals surface area contributed by atoms with Crippen LogP contribution in [0, 0.1) is 18.7 Å². The smallest absolute Gasteiger partial charge is 0.256 e. The van der Waals surface area contributed by atoms with Crippen LogP contribution < -0.4 is 10.6 Å². The molecule has 0 unspecified atom stereocenters. The van der Waals surface area contributed by atoms with Crippen molar-refractivity contribution in [3.05, 3.63) is 71.0 Å². The molecule has 2 atom stereocenters. The minimum Gasteiger partial charge on any atom is -0.352 e. The minimum absolute atomic E-state index is 0.0157. The summed E-state index contributed by atoms with van der Waals surface area (Å²) in [6.45, 7) is 6.55. The second-order valence-corrected chi connectivity index (χ2v) is 8.69. The number of halogens is 1. The van der Waals surface area contributed by atoms with Crippen LogP contribution in [-0.4, -0.2) is 47.8 Å². The maximum Gasteiger partial charge on any atom is 0.256 e. The molecule has 33 heavy (non-hydrogen) atoms. The third kappa shape index (κ3) is 5.97. The average Bonchev–Trinajstić information content (AvgIpc) is 2.82. The van der Waals surface area contributed by atoms with Crippen molar-refractivity contribution >= 4 is 17.7 Å². The highest BCUT2D eigenvalue weighted by atomic mass is 19.1. The van der Waals surface area contributed by atoms with E-state index in [1.165, 1.54) is 12.1 Å². The van der Waals surface area contributed by atoms with Crippen LogP contribution in [0.1, 0.15) is 59.4 Å². The summed E-state index contributed by atoms with van der Waals surface area (Å²) in [4.78, 5) is 40.4. The second-order valence-electron chi connectivity index (χ2n) is 8.69. The van der Waals surface area contributed by atoms with Crippen LogP contribution in [0.5, 0.6) is 0 Å². The van der Waals surface area contributed by atoms with E-state index in [1.807, 2.05) is 32.9 Å². The summed E-state index contributed by atoms with van der Waals surface area (Å²) < 4.78 is 14.1. The van der Waals surface area contributed by atoms with E-state index in [4.69, 9.17) is 0 Å². The molecule has 176 valence electrons. The van der Waals surface area contributed by atoms with Gasteiger partial charge in [-0.05, 0) is 62.8 Å². The molecule has 0 saturated carbocycles. The van der Waals surface area contributed by atoms with Crippen LogP contribution in [0.2, 0.25) is 0 Å². The Morgan fingerprint density at radius 2 is 1.61 bits per heavy atom. The number of benzene rings is 2. The minimum atomic E-state index is -0.711. The number of likely N-dealkylation sites (tertiary alicyclic amines) is 1. The summed E-state index contributed by atoms with van der Waals surface area (Å²) in [5.41, 5.74) is 1.42. The van der Waals surface area contributed by atoms with Crippen LogP contribution in [0.3, 0.4) is 0 Å². The molecule has 0 bridgehead atoms. The van der Waals surface area contributed by atoms with E-state index < -0.39 is 11.9 Å². The average molecular weight is 454 g/mol. The summed E-state index contributed by atoms with van der Waals surface area (Å²) >= 11 is 0. The van der Waals surface area contributed by atoms with Gasteiger partial charge in [-0.1, -0.05) is 37.3 Å².